The van der Waals surface area contributed by atoms with Gasteiger partial charge in [-0.1, -0.05) is 13.8 Å². The molecule has 4 heteroatoms. The first kappa shape index (κ1) is 13.0. The summed E-state index contributed by atoms with van der Waals surface area (Å²) in [6.45, 7) is 9.31. The second-order valence-electron chi connectivity index (χ2n) is 4.61. The van der Waals surface area contributed by atoms with Crippen LogP contribution in [0.1, 0.15) is 38.1 Å². The van der Waals surface area contributed by atoms with Crippen molar-refractivity contribution < 1.29 is 0 Å². The number of anilines is 1. The van der Waals surface area contributed by atoms with E-state index >= 15 is 0 Å². The minimum Gasteiger partial charge on any atom is -0.370 e. The molecule has 0 saturated heterocycles. The van der Waals surface area contributed by atoms with Crippen LogP contribution in [0.4, 0.5) is 5.82 Å². The van der Waals surface area contributed by atoms with Crippen LogP contribution in [0.15, 0.2) is 17.5 Å². The van der Waals surface area contributed by atoms with Crippen molar-refractivity contribution in [1.82, 2.24) is 9.97 Å². The molecular formula is C14H19N3S. The highest BCUT2D eigenvalue weighted by molar-refractivity contribution is 7.13. The molecule has 96 valence electrons. The Balaban J connectivity index is 2.50. The summed E-state index contributed by atoms with van der Waals surface area (Å²) in [6.07, 6.45) is 0. The van der Waals surface area contributed by atoms with E-state index in [0.717, 1.165) is 23.9 Å². The van der Waals surface area contributed by atoms with Crippen LogP contribution in [-0.2, 0) is 0 Å². The molecule has 0 unspecified atom stereocenters. The molecule has 0 bridgehead atoms. The van der Waals surface area contributed by atoms with Gasteiger partial charge in [0.2, 0.25) is 0 Å². The second-order valence-corrected chi connectivity index (χ2v) is 5.53. The molecule has 0 spiro atoms. The van der Waals surface area contributed by atoms with Crippen LogP contribution < -0.4 is 5.32 Å². The van der Waals surface area contributed by atoms with Crippen molar-refractivity contribution in [2.24, 2.45) is 0 Å². The Kier molecular flexibility index (Phi) is 3.97. The number of hydrogen-bond acceptors (Lipinski definition) is 4. The van der Waals surface area contributed by atoms with E-state index in [9.17, 15) is 0 Å². The standard InChI is InChI=1S/C14H19N3S/c1-5-15-12-8-11(13-10(4)6-7-18-13)16-14(17-12)9(2)3/h6-9H,5H2,1-4H3,(H,15,16,17). The van der Waals surface area contributed by atoms with Crippen molar-refractivity contribution in [3.8, 4) is 10.6 Å². The van der Waals surface area contributed by atoms with Crippen LogP contribution in [0.3, 0.4) is 0 Å². The fourth-order valence-electron chi connectivity index (χ4n) is 1.75. The first-order valence-corrected chi connectivity index (χ1v) is 7.17. The molecule has 0 radical (unpaired) electrons. The van der Waals surface area contributed by atoms with Gasteiger partial charge in [0, 0.05) is 18.5 Å². The lowest BCUT2D eigenvalue weighted by molar-refractivity contribution is 0.777. The molecule has 0 saturated carbocycles. The molecule has 2 rings (SSSR count). The van der Waals surface area contributed by atoms with E-state index in [-0.39, 0.29) is 0 Å². The first-order chi connectivity index (χ1) is 8.61. The molecule has 1 N–H and O–H groups in total. The first-order valence-electron chi connectivity index (χ1n) is 6.29. The van der Waals surface area contributed by atoms with Crippen molar-refractivity contribution in [2.45, 2.75) is 33.6 Å². The van der Waals surface area contributed by atoms with Gasteiger partial charge >= 0.3 is 0 Å². The second kappa shape index (κ2) is 5.48. The number of nitrogens with zero attached hydrogens (tertiary/aromatic N) is 2. The molecule has 0 atom stereocenters. The average Bonchev–Trinajstić information content (AvgIpc) is 2.75. The molecule has 0 fully saturated rings. The number of nitrogens with one attached hydrogen (secondary N) is 1. The van der Waals surface area contributed by atoms with Gasteiger partial charge in [0.15, 0.2) is 0 Å². The molecule has 0 aromatic carbocycles. The SMILES string of the molecule is CCNc1cc(-c2sccc2C)nc(C(C)C)n1. The highest BCUT2D eigenvalue weighted by Crippen LogP contribution is 2.29. The molecule has 0 aliphatic rings. The van der Waals surface area contributed by atoms with E-state index in [2.05, 4.69) is 54.4 Å². The van der Waals surface area contributed by atoms with Crippen LogP contribution in [0.2, 0.25) is 0 Å². The fourth-order valence-corrected chi connectivity index (χ4v) is 2.63. The molecule has 3 nitrogen and oxygen atoms in total. The van der Waals surface area contributed by atoms with Crippen LogP contribution in [0.5, 0.6) is 0 Å². The van der Waals surface area contributed by atoms with Gasteiger partial charge < -0.3 is 5.32 Å². The third kappa shape index (κ3) is 2.70. The van der Waals surface area contributed by atoms with Crippen LogP contribution in [0, 0.1) is 6.92 Å². The smallest absolute Gasteiger partial charge is 0.133 e. The van der Waals surface area contributed by atoms with Crippen molar-refractivity contribution in [3.05, 3.63) is 28.9 Å². The van der Waals surface area contributed by atoms with Crippen LogP contribution in [0.25, 0.3) is 10.6 Å². The van der Waals surface area contributed by atoms with Crippen LogP contribution in [-0.4, -0.2) is 16.5 Å². The minimum atomic E-state index is 0.336. The maximum atomic E-state index is 4.68. The molecule has 2 aromatic heterocycles. The maximum absolute atomic E-state index is 4.68. The Hall–Kier alpha value is -1.42. The predicted octanol–water partition coefficient (Wildman–Crippen LogP) is 4.07. The van der Waals surface area contributed by atoms with Gasteiger partial charge in [-0.05, 0) is 30.9 Å². The molecular weight excluding hydrogens is 242 g/mol. The fraction of sp³-hybridized carbons (Fsp3) is 0.429. The normalized spacial score (nSPS) is 10.9. The Morgan fingerprint density at radius 3 is 2.67 bits per heavy atom. The highest BCUT2D eigenvalue weighted by atomic mass is 32.1. The van der Waals surface area contributed by atoms with Crippen molar-refractivity contribution >= 4 is 17.2 Å². The molecule has 0 amide bonds. The van der Waals surface area contributed by atoms with Gasteiger partial charge in [0.05, 0.1) is 10.6 Å². The largest absolute Gasteiger partial charge is 0.370 e. The predicted molar refractivity (Wildman–Crippen MR) is 78.3 cm³/mol. The quantitative estimate of drug-likeness (QED) is 0.901. The summed E-state index contributed by atoms with van der Waals surface area (Å²) in [5.41, 5.74) is 2.30. The van der Waals surface area contributed by atoms with E-state index in [1.54, 1.807) is 11.3 Å². The molecule has 0 aliphatic heterocycles. The van der Waals surface area contributed by atoms with Gasteiger partial charge in [0.1, 0.15) is 11.6 Å². The lowest BCUT2D eigenvalue weighted by atomic mass is 10.2. The van der Waals surface area contributed by atoms with E-state index in [1.165, 1.54) is 10.4 Å². The lowest BCUT2D eigenvalue weighted by Gasteiger charge is -2.10. The van der Waals surface area contributed by atoms with E-state index in [4.69, 9.17) is 0 Å². The number of hydrogen-bond donors (Lipinski definition) is 1. The summed E-state index contributed by atoms with van der Waals surface area (Å²) < 4.78 is 0. The third-order valence-electron chi connectivity index (χ3n) is 2.71. The third-order valence-corrected chi connectivity index (χ3v) is 3.75. The van der Waals surface area contributed by atoms with Gasteiger partial charge in [-0.3, -0.25) is 0 Å². The van der Waals surface area contributed by atoms with Crippen LogP contribution >= 0.6 is 11.3 Å². The van der Waals surface area contributed by atoms with Gasteiger partial charge in [-0.15, -0.1) is 11.3 Å². The zero-order valence-electron chi connectivity index (χ0n) is 11.3. The summed E-state index contributed by atoms with van der Waals surface area (Å²) in [6, 6.07) is 4.16. The Morgan fingerprint density at radius 1 is 1.33 bits per heavy atom. The zero-order valence-corrected chi connectivity index (χ0v) is 12.1. The summed E-state index contributed by atoms with van der Waals surface area (Å²) in [4.78, 5) is 10.5. The zero-order chi connectivity index (χ0) is 13.1. The molecule has 2 aromatic rings. The molecule has 18 heavy (non-hydrogen) atoms. The number of rotatable bonds is 4. The Bertz CT molecular complexity index is 532. The van der Waals surface area contributed by atoms with Crippen molar-refractivity contribution in [2.75, 3.05) is 11.9 Å². The minimum absolute atomic E-state index is 0.336. The number of thiophene rings is 1. The van der Waals surface area contributed by atoms with E-state index < -0.39 is 0 Å². The Morgan fingerprint density at radius 2 is 2.11 bits per heavy atom. The van der Waals surface area contributed by atoms with Gasteiger partial charge in [0.25, 0.3) is 0 Å². The van der Waals surface area contributed by atoms with Crippen molar-refractivity contribution in [1.29, 1.82) is 0 Å². The van der Waals surface area contributed by atoms with Gasteiger partial charge in [-0.25, -0.2) is 9.97 Å². The number of aromatic nitrogens is 2. The molecule has 0 aliphatic carbocycles. The summed E-state index contributed by atoms with van der Waals surface area (Å²) in [5, 5.41) is 5.38. The van der Waals surface area contributed by atoms with Crippen molar-refractivity contribution in [3.63, 3.8) is 0 Å². The molecule has 2 heterocycles. The highest BCUT2D eigenvalue weighted by Gasteiger charge is 2.11. The Labute approximate surface area is 112 Å². The van der Waals surface area contributed by atoms with E-state index in [0.29, 0.717) is 5.92 Å². The number of aryl methyl sites for hydroxylation is 1. The van der Waals surface area contributed by atoms with Gasteiger partial charge in [-0.2, -0.15) is 0 Å². The topological polar surface area (TPSA) is 37.8 Å². The monoisotopic (exact) mass is 261 g/mol. The van der Waals surface area contributed by atoms with E-state index in [1.807, 2.05) is 6.07 Å². The summed E-state index contributed by atoms with van der Waals surface area (Å²) in [5.74, 6) is 2.15. The maximum Gasteiger partial charge on any atom is 0.133 e. The average molecular weight is 261 g/mol. The lowest BCUT2D eigenvalue weighted by Crippen LogP contribution is -2.05. The summed E-state index contributed by atoms with van der Waals surface area (Å²) >= 11 is 1.73. The summed E-state index contributed by atoms with van der Waals surface area (Å²) in [7, 11) is 0.